The molecule has 0 aliphatic rings. The van der Waals surface area contributed by atoms with Crippen LogP contribution in [0.1, 0.15) is 32.4 Å². The highest BCUT2D eigenvalue weighted by Crippen LogP contribution is 2.19. The molecule has 0 fully saturated rings. The van der Waals surface area contributed by atoms with Gasteiger partial charge in [0.25, 0.3) is 0 Å². The third kappa shape index (κ3) is 4.00. The van der Waals surface area contributed by atoms with Crippen molar-refractivity contribution in [2.24, 2.45) is 5.92 Å². The van der Waals surface area contributed by atoms with Gasteiger partial charge < -0.3 is 14.7 Å². The molecule has 0 aliphatic carbocycles. The fraction of sp³-hybridized carbons (Fsp3) is 0.600. The monoisotopic (exact) mass is 251 g/mol. The summed E-state index contributed by atoms with van der Waals surface area (Å²) in [4.78, 5) is 2.19. The second kappa shape index (κ2) is 6.76. The van der Waals surface area contributed by atoms with Gasteiger partial charge in [-0.2, -0.15) is 0 Å². The van der Waals surface area contributed by atoms with E-state index in [0.717, 1.165) is 11.3 Å². The van der Waals surface area contributed by atoms with Gasteiger partial charge in [0.05, 0.1) is 13.2 Å². The van der Waals surface area contributed by atoms with Crippen LogP contribution >= 0.6 is 0 Å². The SMILES string of the molecule is COc1ccc(C(O)CN(C)C(C)C(C)C)cc1. The van der Waals surface area contributed by atoms with Gasteiger partial charge in [-0.15, -0.1) is 0 Å². The van der Waals surface area contributed by atoms with Crippen molar-refractivity contribution in [3.05, 3.63) is 29.8 Å². The summed E-state index contributed by atoms with van der Waals surface area (Å²) in [5, 5.41) is 10.2. The summed E-state index contributed by atoms with van der Waals surface area (Å²) in [5.74, 6) is 1.40. The second-order valence-corrected chi connectivity index (χ2v) is 5.21. The number of likely N-dealkylation sites (N-methyl/N-ethyl adjacent to an activating group) is 1. The number of aliphatic hydroxyl groups is 1. The van der Waals surface area contributed by atoms with Crippen molar-refractivity contribution in [2.45, 2.75) is 32.9 Å². The van der Waals surface area contributed by atoms with E-state index in [9.17, 15) is 5.11 Å². The first-order chi connectivity index (χ1) is 8.45. The topological polar surface area (TPSA) is 32.7 Å². The Morgan fingerprint density at radius 3 is 2.17 bits per heavy atom. The van der Waals surface area contributed by atoms with Gasteiger partial charge in [-0.25, -0.2) is 0 Å². The first kappa shape index (κ1) is 15.0. The van der Waals surface area contributed by atoms with E-state index in [-0.39, 0.29) is 0 Å². The number of nitrogens with zero attached hydrogens (tertiary/aromatic N) is 1. The van der Waals surface area contributed by atoms with Gasteiger partial charge in [-0.05, 0) is 37.6 Å². The molecule has 2 atom stereocenters. The molecule has 1 aromatic rings. The lowest BCUT2D eigenvalue weighted by Gasteiger charge is -2.29. The Kier molecular flexibility index (Phi) is 5.63. The van der Waals surface area contributed by atoms with Gasteiger partial charge in [0.1, 0.15) is 5.75 Å². The average molecular weight is 251 g/mol. The molecule has 1 aromatic carbocycles. The largest absolute Gasteiger partial charge is 0.497 e. The van der Waals surface area contributed by atoms with Crippen LogP contribution in [0.2, 0.25) is 0 Å². The number of methoxy groups -OCH3 is 1. The molecule has 0 saturated carbocycles. The van der Waals surface area contributed by atoms with Crippen molar-refractivity contribution < 1.29 is 9.84 Å². The lowest BCUT2D eigenvalue weighted by molar-refractivity contribution is 0.0955. The maximum Gasteiger partial charge on any atom is 0.118 e. The third-order valence-corrected chi connectivity index (χ3v) is 3.62. The minimum atomic E-state index is -0.456. The molecule has 0 amide bonds. The number of ether oxygens (including phenoxy) is 1. The Hall–Kier alpha value is -1.06. The van der Waals surface area contributed by atoms with E-state index < -0.39 is 6.10 Å². The lowest BCUT2D eigenvalue weighted by atomic mass is 10.0. The molecule has 3 nitrogen and oxygen atoms in total. The zero-order valence-electron chi connectivity index (χ0n) is 12.1. The fourth-order valence-electron chi connectivity index (χ4n) is 1.88. The first-order valence-electron chi connectivity index (χ1n) is 6.48. The molecule has 0 heterocycles. The van der Waals surface area contributed by atoms with Crippen molar-refractivity contribution in [3.8, 4) is 5.75 Å². The Balaban J connectivity index is 2.61. The maximum atomic E-state index is 10.2. The third-order valence-electron chi connectivity index (χ3n) is 3.62. The molecule has 1 rings (SSSR count). The molecule has 0 aromatic heterocycles. The van der Waals surface area contributed by atoms with E-state index >= 15 is 0 Å². The Bertz CT molecular complexity index is 348. The average Bonchev–Trinajstić information content (AvgIpc) is 2.37. The van der Waals surface area contributed by atoms with Crippen LogP contribution in [0.4, 0.5) is 0 Å². The van der Waals surface area contributed by atoms with Gasteiger partial charge in [0.15, 0.2) is 0 Å². The van der Waals surface area contributed by atoms with Gasteiger partial charge in [-0.3, -0.25) is 0 Å². The zero-order chi connectivity index (χ0) is 13.7. The van der Waals surface area contributed by atoms with Crippen LogP contribution in [-0.4, -0.2) is 36.8 Å². The van der Waals surface area contributed by atoms with Crippen molar-refractivity contribution >= 4 is 0 Å². The predicted octanol–water partition coefficient (Wildman–Crippen LogP) is 2.70. The summed E-state index contributed by atoms with van der Waals surface area (Å²) >= 11 is 0. The standard InChI is InChI=1S/C15H25NO2/c1-11(2)12(3)16(4)10-15(17)13-6-8-14(18-5)9-7-13/h6-9,11-12,15,17H,10H2,1-5H3. The summed E-state index contributed by atoms with van der Waals surface area (Å²) in [5.41, 5.74) is 0.929. The van der Waals surface area contributed by atoms with Crippen LogP contribution in [0.5, 0.6) is 5.75 Å². The van der Waals surface area contributed by atoms with Crippen LogP contribution in [0.25, 0.3) is 0 Å². The number of rotatable bonds is 6. The van der Waals surface area contributed by atoms with Gasteiger partial charge in [0.2, 0.25) is 0 Å². The smallest absolute Gasteiger partial charge is 0.118 e. The van der Waals surface area contributed by atoms with Crippen LogP contribution in [-0.2, 0) is 0 Å². The Morgan fingerprint density at radius 2 is 1.72 bits per heavy atom. The normalized spacial score (nSPS) is 14.9. The van der Waals surface area contributed by atoms with E-state index in [0.29, 0.717) is 18.5 Å². The number of hydrogen-bond acceptors (Lipinski definition) is 3. The summed E-state index contributed by atoms with van der Waals surface area (Å²) in [6, 6.07) is 8.04. The predicted molar refractivity (Wildman–Crippen MR) is 74.9 cm³/mol. The van der Waals surface area contributed by atoms with Crippen LogP contribution in [0, 0.1) is 5.92 Å². The Labute approximate surface area is 110 Å². The number of aliphatic hydroxyl groups excluding tert-OH is 1. The highest BCUT2D eigenvalue weighted by molar-refractivity contribution is 5.28. The molecule has 3 heteroatoms. The van der Waals surface area contributed by atoms with E-state index in [1.165, 1.54) is 0 Å². The molecule has 1 N–H and O–H groups in total. The van der Waals surface area contributed by atoms with Gasteiger partial charge >= 0.3 is 0 Å². The van der Waals surface area contributed by atoms with Gasteiger partial charge in [0, 0.05) is 12.6 Å². The molecular weight excluding hydrogens is 226 g/mol. The second-order valence-electron chi connectivity index (χ2n) is 5.21. The van der Waals surface area contributed by atoms with E-state index in [1.807, 2.05) is 24.3 Å². The highest BCUT2D eigenvalue weighted by atomic mass is 16.5. The lowest BCUT2D eigenvalue weighted by Crippen LogP contribution is -2.36. The molecule has 0 radical (unpaired) electrons. The van der Waals surface area contributed by atoms with Crippen molar-refractivity contribution in [1.82, 2.24) is 4.90 Å². The number of benzene rings is 1. The van der Waals surface area contributed by atoms with Crippen LogP contribution < -0.4 is 4.74 Å². The zero-order valence-corrected chi connectivity index (χ0v) is 12.1. The Morgan fingerprint density at radius 1 is 1.17 bits per heavy atom. The molecule has 0 spiro atoms. The molecule has 18 heavy (non-hydrogen) atoms. The summed E-state index contributed by atoms with van der Waals surface area (Å²) in [7, 11) is 3.70. The summed E-state index contributed by atoms with van der Waals surface area (Å²) in [6.07, 6.45) is -0.456. The minimum absolute atomic E-state index is 0.456. The summed E-state index contributed by atoms with van der Waals surface area (Å²) < 4.78 is 5.11. The van der Waals surface area contributed by atoms with Crippen molar-refractivity contribution in [3.63, 3.8) is 0 Å². The van der Waals surface area contributed by atoms with Gasteiger partial charge in [-0.1, -0.05) is 26.0 Å². The molecule has 0 bridgehead atoms. The first-order valence-corrected chi connectivity index (χ1v) is 6.48. The molecule has 2 unspecified atom stereocenters. The fourth-order valence-corrected chi connectivity index (χ4v) is 1.88. The van der Waals surface area contributed by atoms with E-state index in [4.69, 9.17) is 4.74 Å². The molecular formula is C15H25NO2. The van der Waals surface area contributed by atoms with E-state index in [2.05, 4.69) is 32.7 Å². The maximum absolute atomic E-state index is 10.2. The van der Waals surface area contributed by atoms with Crippen molar-refractivity contribution in [1.29, 1.82) is 0 Å². The molecule has 102 valence electrons. The van der Waals surface area contributed by atoms with Crippen LogP contribution in [0.15, 0.2) is 24.3 Å². The highest BCUT2D eigenvalue weighted by Gasteiger charge is 2.17. The summed E-state index contributed by atoms with van der Waals surface area (Å²) in [6.45, 7) is 7.22. The molecule has 0 aliphatic heterocycles. The quantitative estimate of drug-likeness (QED) is 0.844. The number of hydrogen-bond donors (Lipinski definition) is 1. The minimum Gasteiger partial charge on any atom is -0.497 e. The molecule has 0 saturated heterocycles. The van der Waals surface area contributed by atoms with Crippen LogP contribution in [0.3, 0.4) is 0 Å². The van der Waals surface area contributed by atoms with E-state index in [1.54, 1.807) is 7.11 Å². The van der Waals surface area contributed by atoms with Crippen molar-refractivity contribution in [2.75, 3.05) is 20.7 Å².